The Hall–Kier alpha value is -1.17. The highest BCUT2D eigenvalue weighted by molar-refractivity contribution is 7.09. The van der Waals surface area contributed by atoms with E-state index in [2.05, 4.69) is 33.9 Å². The normalized spacial score (nSPS) is 17.9. The van der Waals surface area contributed by atoms with Gasteiger partial charge in [-0.25, -0.2) is 0 Å². The maximum absolute atomic E-state index is 12.7. The Labute approximate surface area is 144 Å². The highest BCUT2D eigenvalue weighted by atomic mass is 32.1. The maximum Gasteiger partial charge on any atom is 0.239 e. The summed E-state index contributed by atoms with van der Waals surface area (Å²) in [5, 5.41) is 2.13. The van der Waals surface area contributed by atoms with E-state index in [-0.39, 0.29) is 11.9 Å². The number of piperazine rings is 1. The van der Waals surface area contributed by atoms with Crippen molar-refractivity contribution in [2.45, 2.75) is 33.4 Å². The van der Waals surface area contributed by atoms with Gasteiger partial charge in [-0.3, -0.25) is 14.6 Å². The molecule has 0 saturated carbocycles. The lowest BCUT2D eigenvalue weighted by Gasteiger charge is -2.38. The summed E-state index contributed by atoms with van der Waals surface area (Å²) in [6.07, 6.45) is 0. The number of carbonyl (C=O) groups is 1. The second-order valence-electron chi connectivity index (χ2n) is 6.38. The summed E-state index contributed by atoms with van der Waals surface area (Å²) in [4.78, 5) is 20.8. The van der Waals surface area contributed by atoms with Crippen molar-refractivity contribution in [2.24, 2.45) is 0 Å². The van der Waals surface area contributed by atoms with Crippen LogP contribution in [0.4, 0.5) is 0 Å². The highest BCUT2D eigenvalue weighted by Crippen LogP contribution is 2.15. The van der Waals surface area contributed by atoms with Crippen molar-refractivity contribution in [1.29, 1.82) is 0 Å². The molecule has 1 fully saturated rings. The molecule has 1 aliphatic heterocycles. The van der Waals surface area contributed by atoms with Gasteiger partial charge in [-0.2, -0.15) is 0 Å². The topological polar surface area (TPSA) is 26.8 Å². The van der Waals surface area contributed by atoms with E-state index >= 15 is 0 Å². The first-order valence-electron chi connectivity index (χ1n) is 8.43. The van der Waals surface area contributed by atoms with E-state index in [1.165, 1.54) is 4.88 Å². The summed E-state index contributed by atoms with van der Waals surface area (Å²) < 4.78 is 0. The molecule has 0 N–H and O–H groups in total. The fourth-order valence-corrected chi connectivity index (χ4v) is 3.77. The third kappa shape index (κ3) is 5.16. The zero-order valence-electron chi connectivity index (χ0n) is 14.6. The summed E-state index contributed by atoms with van der Waals surface area (Å²) in [5.41, 5.74) is 1.04. The molecule has 4 nitrogen and oxygen atoms in total. The average molecular weight is 336 g/mol. The van der Waals surface area contributed by atoms with Crippen molar-refractivity contribution >= 4 is 17.2 Å². The molecule has 0 spiro atoms. The van der Waals surface area contributed by atoms with Crippen LogP contribution in [0.25, 0.3) is 0 Å². The predicted molar refractivity (Wildman–Crippen MR) is 97.7 cm³/mol. The molecule has 2 rings (SSSR count). The van der Waals surface area contributed by atoms with Crippen molar-refractivity contribution in [3.05, 3.63) is 34.5 Å². The Morgan fingerprint density at radius 3 is 2.61 bits per heavy atom. The van der Waals surface area contributed by atoms with E-state index in [0.29, 0.717) is 6.54 Å². The van der Waals surface area contributed by atoms with Crippen LogP contribution in [-0.2, 0) is 11.3 Å². The summed E-state index contributed by atoms with van der Waals surface area (Å²) in [6, 6.07) is 4.26. The Balaban J connectivity index is 1.83. The second kappa shape index (κ2) is 8.62. The highest BCUT2D eigenvalue weighted by Gasteiger charge is 2.28. The lowest BCUT2D eigenvalue weighted by molar-refractivity contribution is -0.136. The van der Waals surface area contributed by atoms with Crippen molar-refractivity contribution in [2.75, 3.05) is 39.3 Å². The fraction of sp³-hybridized carbons (Fsp3) is 0.611. The zero-order chi connectivity index (χ0) is 16.8. The van der Waals surface area contributed by atoms with Crippen LogP contribution in [0.15, 0.2) is 29.7 Å². The first kappa shape index (κ1) is 18.2. The monoisotopic (exact) mass is 335 g/mol. The minimum absolute atomic E-state index is 0.0433. The third-order valence-electron chi connectivity index (χ3n) is 4.43. The molecule has 1 aromatic rings. The smallest absolute Gasteiger partial charge is 0.239 e. The molecule has 0 aliphatic carbocycles. The number of amides is 1. The van der Waals surface area contributed by atoms with Crippen molar-refractivity contribution in [3.8, 4) is 0 Å². The van der Waals surface area contributed by atoms with Gasteiger partial charge in [-0.15, -0.1) is 11.3 Å². The zero-order valence-corrected chi connectivity index (χ0v) is 15.4. The number of likely N-dealkylation sites (N-methyl/N-ethyl adjacent to an activating group) is 1. The molecule has 0 aromatic carbocycles. The Kier molecular flexibility index (Phi) is 6.81. The quantitative estimate of drug-likeness (QED) is 0.717. The lowest BCUT2D eigenvalue weighted by Crippen LogP contribution is -2.54. The molecular weight excluding hydrogens is 306 g/mol. The van der Waals surface area contributed by atoms with Gasteiger partial charge >= 0.3 is 0 Å². The van der Waals surface area contributed by atoms with Gasteiger partial charge in [0, 0.05) is 50.7 Å². The molecule has 1 amide bonds. The van der Waals surface area contributed by atoms with Crippen LogP contribution < -0.4 is 0 Å². The van der Waals surface area contributed by atoms with E-state index in [1.54, 1.807) is 0 Å². The fourth-order valence-electron chi connectivity index (χ4n) is 3.02. The van der Waals surface area contributed by atoms with E-state index in [1.807, 2.05) is 37.0 Å². The summed E-state index contributed by atoms with van der Waals surface area (Å²) in [6.45, 7) is 16.4. The molecule has 1 atom stereocenters. The van der Waals surface area contributed by atoms with Crippen molar-refractivity contribution in [1.82, 2.24) is 14.7 Å². The van der Waals surface area contributed by atoms with Gasteiger partial charge in [0.05, 0.1) is 6.04 Å². The van der Waals surface area contributed by atoms with E-state index in [4.69, 9.17) is 0 Å². The molecule has 1 unspecified atom stereocenters. The van der Waals surface area contributed by atoms with Gasteiger partial charge in [0.2, 0.25) is 5.91 Å². The van der Waals surface area contributed by atoms with Crippen LogP contribution in [0, 0.1) is 0 Å². The summed E-state index contributed by atoms with van der Waals surface area (Å²) in [7, 11) is 0. The van der Waals surface area contributed by atoms with Crippen LogP contribution in [0.2, 0.25) is 0 Å². The molecule has 1 aromatic heterocycles. The van der Waals surface area contributed by atoms with Crippen LogP contribution >= 0.6 is 11.3 Å². The van der Waals surface area contributed by atoms with Gasteiger partial charge in [0.15, 0.2) is 0 Å². The number of hydrogen-bond donors (Lipinski definition) is 0. The van der Waals surface area contributed by atoms with Gasteiger partial charge in [-0.05, 0) is 32.2 Å². The Morgan fingerprint density at radius 1 is 1.39 bits per heavy atom. The molecule has 5 heteroatoms. The summed E-state index contributed by atoms with van der Waals surface area (Å²) >= 11 is 1.82. The lowest BCUT2D eigenvalue weighted by atomic mass is 10.2. The molecular formula is C18H29N3OS. The second-order valence-corrected chi connectivity index (χ2v) is 7.41. The van der Waals surface area contributed by atoms with Gasteiger partial charge in [0.25, 0.3) is 0 Å². The number of thiophene rings is 1. The molecule has 1 aliphatic rings. The number of carbonyl (C=O) groups excluding carboxylic acids is 1. The molecule has 0 bridgehead atoms. The third-order valence-corrected chi connectivity index (χ3v) is 5.29. The van der Waals surface area contributed by atoms with Crippen LogP contribution in [0.1, 0.15) is 25.6 Å². The van der Waals surface area contributed by atoms with E-state index in [0.717, 1.165) is 44.8 Å². The Bertz CT molecular complexity index is 506. The van der Waals surface area contributed by atoms with Gasteiger partial charge < -0.3 is 4.90 Å². The maximum atomic E-state index is 12.7. The first-order valence-corrected chi connectivity index (χ1v) is 9.31. The van der Waals surface area contributed by atoms with Crippen molar-refractivity contribution < 1.29 is 4.79 Å². The molecule has 128 valence electrons. The SMILES string of the molecule is C=C(C)CN(CC)C(=O)C(C)N1CCN(Cc2cccs2)CC1. The first-order chi connectivity index (χ1) is 11.0. The predicted octanol–water partition coefficient (Wildman–Crippen LogP) is 2.68. The van der Waals surface area contributed by atoms with Gasteiger partial charge in [-0.1, -0.05) is 18.2 Å². The van der Waals surface area contributed by atoms with Crippen molar-refractivity contribution in [3.63, 3.8) is 0 Å². The number of nitrogens with zero attached hydrogens (tertiary/aromatic N) is 3. The van der Waals surface area contributed by atoms with Crippen LogP contribution in [-0.4, -0.2) is 65.9 Å². The molecule has 23 heavy (non-hydrogen) atoms. The molecule has 1 saturated heterocycles. The van der Waals surface area contributed by atoms with Crippen LogP contribution in [0.5, 0.6) is 0 Å². The van der Waals surface area contributed by atoms with E-state index < -0.39 is 0 Å². The standard InChI is InChI=1S/C18H29N3OS/c1-5-20(13-15(2)3)18(22)16(4)21-10-8-19(9-11-21)14-17-7-6-12-23-17/h6-7,12,16H,2,5,8-11,13-14H2,1,3-4H3. The number of rotatable bonds is 7. The minimum Gasteiger partial charge on any atom is -0.338 e. The number of hydrogen-bond acceptors (Lipinski definition) is 4. The Morgan fingerprint density at radius 2 is 2.09 bits per heavy atom. The van der Waals surface area contributed by atoms with Gasteiger partial charge in [0.1, 0.15) is 0 Å². The van der Waals surface area contributed by atoms with E-state index in [9.17, 15) is 4.79 Å². The van der Waals surface area contributed by atoms with Crippen LogP contribution in [0.3, 0.4) is 0 Å². The molecule has 2 heterocycles. The summed E-state index contributed by atoms with van der Waals surface area (Å²) in [5.74, 6) is 0.224. The largest absolute Gasteiger partial charge is 0.338 e. The average Bonchev–Trinajstić information content (AvgIpc) is 3.04. The minimum atomic E-state index is -0.0433. The molecule has 0 radical (unpaired) electrons.